The van der Waals surface area contributed by atoms with Gasteiger partial charge in [-0.05, 0) is 67.1 Å². The molecule has 0 spiro atoms. The zero-order valence-corrected chi connectivity index (χ0v) is 18.6. The van der Waals surface area contributed by atoms with E-state index in [0.717, 1.165) is 27.8 Å². The summed E-state index contributed by atoms with van der Waals surface area (Å²) in [4.78, 5) is 39.3. The number of nitrogens with zero attached hydrogens (tertiary/aromatic N) is 1. The van der Waals surface area contributed by atoms with Crippen LogP contribution in [0.25, 0.3) is 0 Å². The molecule has 0 aromatic heterocycles. The average molecular weight is 439 g/mol. The third kappa shape index (κ3) is 4.91. The number of phenolic OH excluding ortho intramolecular Hbond substituents is 1. The first-order valence-corrected chi connectivity index (χ1v) is 10.6. The Balaban J connectivity index is 1.87. The summed E-state index contributed by atoms with van der Waals surface area (Å²) in [5, 5.41) is 12.4. The van der Waals surface area contributed by atoms with Crippen LogP contribution < -0.4 is 16.8 Å². The minimum absolute atomic E-state index is 0.164. The molecule has 6 N–H and O–H groups in total. The molecule has 0 fully saturated rings. The highest BCUT2D eigenvalue weighted by Crippen LogP contribution is 2.26. The number of aryl methyl sites for hydroxylation is 2. The average Bonchev–Trinajstić information content (AvgIpc) is 2.74. The number of hydrogen-bond acceptors (Lipinski definition) is 5. The van der Waals surface area contributed by atoms with Crippen molar-refractivity contribution >= 4 is 17.7 Å². The molecule has 0 saturated heterocycles. The van der Waals surface area contributed by atoms with E-state index in [-0.39, 0.29) is 24.6 Å². The minimum atomic E-state index is -0.869. The molecule has 2 unspecified atom stereocenters. The fraction of sp³-hybridized carbons (Fsp3) is 0.375. The van der Waals surface area contributed by atoms with Crippen LogP contribution in [0.3, 0.4) is 0 Å². The Labute approximate surface area is 187 Å². The lowest BCUT2D eigenvalue weighted by Crippen LogP contribution is -2.58. The molecular formula is C24H30N4O4. The zero-order chi connectivity index (χ0) is 23.6. The summed E-state index contributed by atoms with van der Waals surface area (Å²) in [5.74, 6) is -1.28. The van der Waals surface area contributed by atoms with Gasteiger partial charge in [-0.1, -0.05) is 24.3 Å². The van der Waals surface area contributed by atoms with E-state index in [1.54, 1.807) is 12.1 Å². The molecule has 170 valence electrons. The van der Waals surface area contributed by atoms with Crippen molar-refractivity contribution in [3.63, 3.8) is 0 Å². The second-order valence-electron chi connectivity index (χ2n) is 8.46. The predicted molar refractivity (Wildman–Crippen MR) is 121 cm³/mol. The summed E-state index contributed by atoms with van der Waals surface area (Å²) in [6.45, 7) is 5.47. The number of nitrogens with two attached hydrogens (primary N) is 2. The number of benzene rings is 2. The van der Waals surface area contributed by atoms with Crippen molar-refractivity contribution in [2.45, 2.75) is 58.3 Å². The van der Waals surface area contributed by atoms with E-state index in [0.29, 0.717) is 6.42 Å². The molecule has 3 rings (SSSR count). The Hall–Kier alpha value is -3.39. The highest BCUT2D eigenvalue weighted by atomic mass is 16.3. The van der Waals surface area contributed by atoms with Crippen LogP contribution in [0, 0.1) is 13.8 Å². The summed E-state index contributed by atoms with van der Waals surface area (Å²) in [7, 11) is 0. The van der Waals surface area contributed by atoms with Crippen LogP contribution in [0.4, 0.5) is 0 Å². The number of carbonyl (C=O) groups is 3. The van der Waals surface area contributed by atoms with Crippen LogP contribution in [0.5, 0.6) is 5.75 Å². The van der Waals surface area contributed by atoms with Crippen LogP contribution in [-0.2, 0) is 33.8 Å². The first-order chi connectivity index (χ1) is 15.1. The van der Waals surface area contributed by atoms with Crippen LogP contribution in [0.1, 0.15) is 34.7 Å². The molecule has 0 aliphatic carbocycles. The number of hydrogen-bond donors (Lipinski definition) is 4. The van der Waals surface area contributed by atoms with Crippen LogP contribution in [0.2, 0.25) is 0 Å². The molecule has 0 bridgehead atoms. The SMILES string of the molecule is Cc1cc(O)cc(C)c1CC(N)C(=O)N1Cc2ccccc2CC1C(=O)N[C@@H](C)C(N)=O. The minimum Gasteiger partial charge on any atom is -0.508 e. The lowest BCUT2D eigenvalue weighted by Gasteiger charge is -2.37. The summed E-state index contributed by atoms with van der Waals surface area (Å²) >= 11 is 0. The first-order valence-electron chi connectivity index (χ1n) is 10.6. The molecular weight excluding hydrogens is 408 g/mol. The molecule has 8 nitrogen and oxygen atoms in total. The van der Waals surface area contributed by atoms with Gasteiger partial charge in [-0.15, -0.1) is 0 Å². The van der Waals surface area contributed by atoms with Gasteiger partial charge in [0.1, 0.15) is 17.8 Å². The summed E-state index contributed by atoms with van der Waals surface area (Å²) in [5.41, 5.74) is 16.1. The fourth-order valence-electron chi connectivity index (χ4n) is 4.18. The van der Waals surface area contributed by atoms with Crippen molar-refractivity contribution in [3.05, 3.63) is 64.2 Å². The standard InChI is InChI=1S/C24H30N4O4/c1-13-8-18(29)9-14(2)19(13)11-20(25)24(32)28-12-17-7-5-4-6-16(17)10-21(28)23(31)27-15(3)22(26)30/h4-9,15,20-21,29H,10-12,25H2,1-3H3,(H2,26,30)(H,27,31)/t15-,20?,21?/m0/s1. The first kappa shape index (κ1) is 23.3. The summed E-state index contributed by atoms with van der Waals surface area (Å²) in [6, 6.07) is 8.38. The highest BCUT2D eigenvalue weighted by molar-refractivity contribution is 5.93. The van der Waals surface area contributed by atoms with Crippen molar-refractivity contribution in [1.82, 2.24) is 10.2 Å². The van der Waals surface area contributed by atoms with Gasteiger partial charge in [0.15, 0.2) is 0 Å². The Kier molecular flexibility index (Phi) is 6.84. The number of carbonyl (C=O) groups excluding carboxylic acids is 3. The van der Waals surface area contributed by atoms with E-state index in [1.165, 1.54) is 11.8 Å². The van der Waals surface area contributed by atoms with E-state index >= 15 is 0 Å². The van der Waals surface area contributed by atoms with Crippen LogP contribution in [-0.4, -0.2) is 45.9 Å². The van der Waals surface area contributed by atoms with Gasteiger partial charge >= 0.3 is 0 Å². The lowest BCUT2D eigenvalue weighted by atomic mass is 9.91. The van der Waals surface area contributed by atoms with Crippen molar-refractivity contribution in [3.8, 4) is 5.75 Å². The van der Waals surface area contributed by atoms with Gasteiger partial charge in [0.25, 0.3) is 0 Å². The molecule has 1 heterocycles. The third-order valence-corrected chi connectivity index (χ3v) is 6.04. The van der Waals surface area contributed by atoms with Crippen LogP contribution in [0.15, 0.2) is 36.4 Å². The van der Waals surface area contributed by atoms with Crippen molar-refractivity contribution in [1.29, 1.82) is 0 Å². The Morgan fingerprint density at radius 1 is 1.16 bits per heavy atom. The molecule has 2 aromatic carbocycles. The lowest BCUT2D eigenvalue weighted by molar-refractivity contribution is -0.143. The van der Waals surface area contributed by atoms with E-state index in [9.17, 15) is 19.5 Å². The molecule has 8 heteroatoms. The van der Waals surface area contributed by atoms with Crippen molar-refractivity contribution in [2.24, 2.45) is 11.5 Å². The topological polar surface area (TPSA) is 139 Å². The number of nitrogens with one attached hydrogen (secondary N) is 1. The Morgan fingerprint density at radius 3 is 2.34 bits per heavy atom. The van der Waals surface area contributed by atoms with Crippen molar-refractivity contribution < 1.29 is 19.5 Å². The quantitative estimate of drug-likeness (QED) is 0.529. The number of amides is 3. The second-order valence-corrected chi connectivity index (χ2v) is 8.46. The monoisotopic (exact) mass is 438 g/mol. The van der Waals surface area contributed by atoms with Gasteiger partial charge in [0.05, 0.1) is 6.04 Å². The van der Waals surface area contributed by atoms with Gasteiger partial charge in [-0.2, -0.15) is 0 Å². The zero-order valence-electron chi connectivity index (χ0n) is 18.6. The normalized spacial score (nSPS) is 17.2. The smallest absolute Gasteiger partial charge is 0.243 e. The van der Waals surface area contributed by atoms with Gasteiger partial charge in [0.2, 0.25) is 17.7 Å². The Morgan fingerprint density at radius 2 is 1.75 bits per heavy atom. The number of aromatic hydroxyl groups is 1. The van der Waals surface area contributed by atoms with Gasteiger partial charge in [-0.3, -0.25) is 14.4 Å². The van der Waals surface area contributed by atoms with E-state index in [2.05, 4.69) is 5.32 Å². The molecule has 1 aliphatic rings. The molecule has 0 radical (unpaired) electrons. The fourth-order valence-corrected chi connectivity index (χ4v) is 4.18. The van der Waals surface area contributed by atoms with Crippen LogP contribution >= 0.6 is 0 Å². The maximum Gasteiger partial charge on any atom is 0.243 e. The molecule has 2 aromatic rings. The van der Waals surface area contributed by atoms with E-state index < -0.39 is 29.9 Å². The maximum atomic E-state index is 13.4. The second kappa shape index (κ2) is 9.40. The molecule has 3 atom stereocenters. The Bertz CT molecular complexity index is 1030. The van der Waals surface area contributed by atoms with E-state index in [1.807, 2.05) is 38.1 Å². The highest BCUT2D eigenvalue weighted by Gasteiger charge is 2.37. The van der Waals surface area contributed by atoms with E-state index in [4.69, 9.17) is 11.5 Å². The van der Waals surface area contributed by atoms with Gasteiger partial charge in [-0.25, -0.2) is 0 Å². The number of phenols is 1. The summed E-state index contributed by atoms with van der Waals surface area (Å²) in [6.07, 6.45) is 0.601. The summed E-state index contributed by atoms with van der Waals surface area (Å²) < 4.78 is 0. The van der Waals surface area contributed by atoms with Crippen molar-refractivity contribution in [2.75, 3.05) is 0 Å². The molecule has 1 aliphatic heterocycles. The number of rotatable bonds is 6. The maximum absolute atomic E-state index is 13.4. The van der Waals surface area contributed by atoms with Gasteiger partial charge in [0, 0.05) is 13.0 Å². The molecule has 0 saturated carbocycles. The molecule has 32 heavy (non-hydrogen) atoms. The largest absolute Gasteiger partial charge is 0.508 e. The predicted octanol–water partition coefficient (Wildman–Crippen LogP) is 0.822. The third-order valence-electron chi connectivity index (χ3n) is 6.04. The number of primary amides is 1. The molecule has 3 amide bonds. The van der Waals surface area contributed by atoms with Gasteiger partial charge < -0.3 is 26.8 Å². The number of fused-ring (bicyclic) bond motifs is 1.